The summed E-state index contributed by atoms with van der Waals surface area (Å²) in [4.78, 5) is 6.42. The van der Waals surface area contributed by atoms with Crippen LogP contribution in [0.2, 0.25) is 0 Å². The minimum atomic E-state index is 0.542. The van der Waals surface area contributed by atoms with Crippen molar-refractivity contribution in [2.45, 2.75) is 48.0 Å². The molecular formula is C11H24N2. The summed E-state index contributed by atoms with van der Waals surface area (Å²) in [6.07, 6.45) is 6.35. The number of imidazole rings is 1. The third-order valence-corrected chi connectivity index (χ3v) is 1.47. The molecule has 0 saturated carbocycles. The molecule has 0 radical (unpaired) electrons. The first-order valence-electron chi connectivity index (χ1n) is 4.99. The standard InChI is InChI=1S/C6H14.C3H4N2.C2H6/c1-5-6(2,3)4;1-2-5-3-4-1;1-2/h5H2,1-4H3;1-3H,(H,4,5);1-2H3. The van der Waals surface area contributed by atoms with E-state index in [2.05, 4.69) is 37.7 Å². The van der Waals surface area contributed by atoms with E-state index in [1.807, 2.05) is 13.8 Å². The van der Waals surface area contributed by atoms with Gasteiger partial charge in [0.1, 0.15) is 0 Å². The van der Waals surface area contributed by atoms with Crippen LogP contribution in [-0.4, -0.2) is 9.97 Å². The monoisotopic (exact) mass is 184 g/mol. The first kappa shape index (κ1) is 14.7. The number of rotatable bonds is 0. The van der Waals surface area contributed by atoms with Crippen molar-refractivity contribution in [3.8, 4) is 0 Å². The van der Waals surface area contributed by atoms with Gasteiger partial charge in [-0.25, -0.2) is 4.98 Å². The fraction of sp³-hybridized carbons (Fsp3) is 0.727. The van der Waals surface area contributed by atoms with Crippen LogP contribution in [0.5, 0.6) is 0 Å². The van der Waals surface area contributed by atoms with E-state index in [1.165, 1.54) is 6.42 Å². The SMILES string of the molecule is CC.CCC(C)(C)C.c1c[nH]cn1. The molecule has 13 heavy (non-hydrogen) atoms. The van der Waals surface area contributed by atoms with Crippen molar-refractivity contribution in [2.24, 2.45) is 5.41 Å². The molecule has 0 aliphatic rings. The average Bonchev–Trinajstić information content (AvgIpc) is 2.64. The Hall–Kier alpha value is -0.790. The molecule has 1 aromatic rings. The third-order valence-electron chi connectivity index (χ3n) is 1.47. The Morgan fingerprint density at radius 3 is 1.77 bits per heavy atom. The van der Waals surface area contributed by atoms with Crippen molar-refractivity contribution >= 4 is 0 Å². The normalized spacial score (nSPS) is 9.08. The van der Waals surface area contributed by atoms with Crippen molar-refractivity contribution in [1.82, 2.24) is 9.97 Å². The van der Waals surface area contributed by atoms with Crippen LogP contribution in [0.15, 0.2) is 18.7 Å². The highest BCUT2D eigenvalue weighted by Gasteiger charge is 2.03. The molecule has 1 heterocycles. The van der Waals surface area contributed by atoms with Crippen molar-refractivity contribution in [3.63, 3.8) is 0 Å². The molecular weight excluding hydrogens is 160 g/mol. The van der Waals surface area contributed by atoms with Gasteiger partial charge in [0.25, 0.3) is 0 Å². The largest absolute Gasteiger partial charge is 0.351 e. The van der Waals surface area contributed by atoms with Gasteiger partial charge in [0.05, 0.1) is 6.33 Å². The molecule has 78 valence electrons. The second-order valence-electron chi connectivity index (χ2n) is 3.67. The molecule has 1 aromatic heterocycles. The third kappa shape index (κ3) is 18.3. The molecule has 1 rings (SSSR count). The Bertz CT molecular complexity index is 132. The van der Waals surface area contributed by atoms with Gasteiger partial charge in [0, 0.05) is 12.4 Å². The Morgan fingerprint density at radius 2 is 1.69 bits per heavy atom. The average molecular weight is 184 g/mol. The van der Waals surface area contributed by atoms with E-state index in [1.54, 1.807) is 18.7 Å². The summed E-state index contributed by atoms with van der Waals surface area (Å²) in [7, 11) is 0. The molecule has 2 nitrogen and oxygen atoms in total. The number of hydrogen-bond acceptors (Lipinski definition) is 1. The van der Waals surface area contributed by atoms with Crippen LogP contribution in [0.1, 0.15) is 48.0 Å². The zero-order chi connectivity index (χ0) is 10.7. The highest BCUT2D eigenvalue weighted by Crippen LogP contribution is 2.16. The molecule has 0 unspecified atom stereocenters. The molecule has 2 heteroatoms. The predicted molar refractivity (Wildman–Crippen MR) is 59.7 cm³/mol. The fourth-order valence-electron chi connectivity index (χ4n) is 0.215. The Morgan fingerprint density at radius 1 is 1.23 bits per heavy atom. The molecule has 0 amide bonds. The Labute approximate surface area is 82.8 Å². The maximum absolute atomic E-state index is 3.67. The van der Waals surface area contributed by atoms with Gasteiger partial charge in [-0.15, -0.1) is 0 Å². The summed E-state index contributed by atoms with van der Waals surface area (Å²) in [6, 6.07) is 0. The van der Waals surface area contributed by atoms with E-state index in [0.29, 0.717) is 5.41 Å². The van der Waals surface area contributed by atoms with Crippen LogP contribution in [-0.2, 0) is 0 Å². The van der Waals surface area contributed by atoms with E-state index in [4.69, 9.17) is 0 Å². The number of nitrogens with zero attached hydrogens (tertiary/aromatic N) is 1. The lowest BCUT2D eigenvalue weighted by atomic mass is 9.94. The first-order chi connectivity index (χ1) is 6.06. The Balaban J connectivity index is 0. The van der Waals surface area contributed by atoms with Crippen LogP contribution in [0, 0.1) is 5.41 Å². The number of aromatic amines is 1. The lowest BCUT2D eigenvalue weighted by molar-refractivity contribution is 0.398. The summed E-state index contributed by atoms with van der Waals surface area (Å²) >= 11 is 0. The van der Waals surface area contributed by atoms with Gasteiger partial charge >= 0.3 is 0 Å². The number of hydrogen-bond donors (Lipinski definition) is 1. The van der Waals surface area contributed by atoms with Crippen LogP contribution in [0.25, 0.3) is 0 Å². The molecule has 0 aliphatic heterocycles. The van der Waals surface area contributed by atoms with Crippen molar-refractivity contribution in [2.75, 3.05) is 0 Å². The predicted octanol–water partition coefficient (Wildman–Crippen LogP) is 3.88. The molecule has 0 spiro atoms. The summed E-state index contributed by atoms with van der Waals surface area (Å²) in [5.74, 6) is 0. The van der Waals surface area contributed by atoms with E-state index < -0.39 is 0 Å². The molecule has 1 N–H and O–H groups in total. The van der Waals surface area contributed by atoms with Gasteiger partial charge in [-0.2, -0.15) is 0 Å². The van der Waals surface area contributed by atoms with Gasteiger partial charge in [-0.3, -0.25) is 0 Å². The van der Waals surface area contributed by atoms with E-state index in [-0.39, 0.29) is 0 Å². The smallest absolute Gasteiger partial charge is 0.0919 e. The lowest BCUT2D eigenvalue weighted by Crippen LogP contribution is -2.00. The van der Waals surface area contributed by atoms with E-state index in [0.717, 1.165) is 0 Å². The maximum atomic E-state index is 3.67. The van der Waals surface area contributed by atoms with Gasteiger partial charge in [-0.05, 0) is 5.41 Å². The highest BCUT2D eigenvalue weighted by atomic mass is 14.8. The van der Waals surface area contributed by atoms with Gasteiger partial charge in [-0.1, -0.05) is 48.0 Å². The maximum Gasteiger partial charge on any atom is 0.0919 e. The van der Waals surface area contributed by atoms with Crippen molar-refractivity contribution < 1.29 is 0 Å². The quantitative estimate of drug-likeness (QED) is 0.651. The van der Waals surface area contributed by atoms with Crippen LogP contribution >= 0.6 is 0 Å². The van der Waals surface area contributed by atoms with E-state index in [9.17, 15) is 0 Å². The summed E-state index contributed by atoms with van der Waals surface area (Å²) in [5.41, 5.74) is 0.542. The second-order valence-corrected chi connectivity index (χ2v) is 3.67. The summed E-state index contributed by atoms with van der Waals surface area (Å²) < 4.78 is 0. The molecule has 0 aliphatic carbocycles. The first-order valence-corrected chi connectivity index (χ1v) is 4.99. The topological polar surface area (TPSA) is 28.7 Å². The van der Waals surface area contributed by atoms with Crippen LogP contribution in [0.3, 0.4) is 0 Å². The molecule has 0 aromatic carbocycles. The molecule has 0 saturated heterocycles. The molecule has 0 fully saturated rings. The van der Waals surface area contributed by atoms with Crippen molar-refractivity contribution in [1.29, 1.82) is 0 Å². The van der Waals surface area contributed by atoms with Gasteiger partial charge in [0.2, 0.25) is 0 Å². The fourth-order valence-corrected chi connectivity index (χ4v) is 0.215. The number of aromatic nitrogens is 2. The molecule has 0 atom stereocenters. The van der Waals surface area contributed by atoms with Gasteiger partial charge < -0.3 is 4.98 Å². The lowest BCUT2D eigenvalue weighted by Gasteiger charge is -2.12. The number of nitrogens with one attached hydrogen (secondary N) is 1. The van der Waals surface area contributed by atoms with Crippen LogP contribution < -0.4 is 0 Å². The minimum Gasteiger partial charge on any atom is -0.351 e. The zero-order valence-electron chi connectivity index (χ0n) is 9.89. The molecule has 0 bridgehead atoms. The van der Waals surface area contributed by atoms with E-state index >= 15 is 0 Å². The zero-order valence-corrected chi connectivity index (χ0v) is 9.89. The minimum absolute atomic E-state index is 0.542. The van der Waals surface area contributed by atoms with Gasteiger partial charge in [0.15, 0.2) is 0 Å². The Kier molecular flexibility index (Phi) is 10.5. The highest BCUT2D eigenvalue weighted by molar-refractivity contribution is 4.64. The van der Waals surface area contributed by atoms with Crippen LogP contribution in [0.4, 0.5) is 0 Å². The second kappa shape index (κ2) is 9.30. The summed E-state index contributed by atoms with van der Waals surface area (Å²) in [5, 5.41) is 0. The summed E-state index contributed by atoms with van der Waals surface area (Å²) in [6.45, 7) is 12.9. The van der Waals surface area contributed by atoms with Crippen molar-refractivity contribution in [3.05, 3.63) is 18.7 Å². The number of H-pyrrole nitrogens is 1.